The van der Waals surface area contributed by atoms with E-state index in [0.717, 1.165) is 76.0 Å². The molecule has 1 N–H and O–H groups in total. The van der Waals surface area contributed by atoms with Crippen molar-refractivity contribution in [3.05, 3.63) is 53.9 Å². The van der Waals surface area contributed by atoms with E-state index in [2.05, 4.69) is 19.9 Å². The van der Waals surface area contributed by atoms with Crippen LogP contribution in [0.2, 0.25) is 0 Å². The minimum atomic E-state index is -0.220. The zero-order chi connectivity index (χ0) is 27.4. The number of hydrogen-bond donors (Lipinski definition) is 1. The van der Waals surface area contributed by atoms with Crippen LogP contribution < -0.4 is 14.8 Å². The van der Waals surface area contributed by atoms with Crippen molar-refractivity contribution in [1.29, 1.82) is 0 Å². The standard InChI is InChI=1S/C26H34N4O4.C3H8O/c1-33-23-6-5-21(16-24(23)34-2)22(28-19-31)7-12-29-13-8-26(9-14-29)10-15-30(25(26)32)18-20-4-3-11-27-17-20;1-3-4-2/h3-6,11,16-17,19,22H,7-10,12-15,18H2,1-2H3,(H,28,31);3H2,1-2H3. The SMILES string of the molecule is CCOC.COc1ccc(C(CCN2CCC3(CC2)CCN(Cc2cccnc2)C3=O)NC=O)cc1OC. The molecule has 1 aromatic carbocycles. The van der Waals surface area contributed by atoms with Crippen LogP contribution in [0.3, 0.4) is 0 Å². The predicted molar refractivity (Wildman–Crippen MR) is 146 cm³/mol. The lowest BCUT2D eigenvalue weighted by Crippen LogP contribution is -2.45. The van der Waals surface area contributed by atoms with E-state index in [1.165, 1.54) is 0 Å². The molecule has 9 heteroatoms. The fraction of sp³-hybridized carbons (Fsp3) is 0.552. The maximum Gasteiger partial charge on any atom is 0.229 e. The number of carbonyl (C=O) groups is 2. The number of hydrogen-bond acceptors (Lipinski definition) is 7. The molecule has 1 aromatic heterocycles. The Morgan fingerprint density at radius 1 is 1.08 bits per heavy atom. The van der Waals surface area contributed by atoms with Gasteiger partial charge in [0.15, 0.2) is 11.5 Å². The molecule has 1 unspecified atom stereocenters. The number of nitrogens with zero attached hydrogens (tertiary/aromatic N) is 3. The summed E-state index contributed by atoms with van der Waals surface area (Å²) in [6, 6.07) is 9.56. The van der Waals surface area contributed by atoms with Crippen molar-refractivity contribution < 1.29 is 23.8 Å². The second-order valence-corrected chi connectivity index (χ2v) is 9.78. The molecule has 0 aliphatic carbocycles. The van der Waals surface area contributed by atoms with Crippen molar-refractivity contribution in [3.63, 3.8) is 0 Å². The van der Waals surface area contributed by atoms with Crippen molar-refractivity contribution in [2.75, 3.05) is 54.1 Å². The number of amides is 2. The largest absolute Gasteiger partial charge is 0.493 e. The first-order valence-corrected chi connectivity index (χ1v) is 13.3. The molecule has 2 saturated heterocycles. The smallest absolute Gasteiger partial charge is 0.229 e. The molecule has 9 nitrogen and oxygen atoms in total. The highest BCUT2D eigenvalue weighted by Crippen LogP contribution is 2.42. The lowest BCUT2D eigenvalue weighted by Gasteiger charge is -2.38. The van der Waals surface area contributed by atoms with Crippen molar-refractivity contribution in [2.45, 2.75) is 45.2 Å². The Labute approximate surface area is 226 Å². The third-order valence-corrected chi connectivity index (χ3v) is 7.61. The number of pyridine rings is 1. The molecule has 3 heterocycles. The highest BCUT2D eigenvalue weighted by Gasteiger charge is 2.47. The lowest BCUT2D eigenvalue weighted by atomic mass is 9.77. The zero-order valence-electron chi connectivity index (χ0n) is 23.2. The minimum Gasteiger partial charge on any atom is -0.493 e. The van der Waals surface area contributed by atoms with Crippen LogP contribution in [0.5, 0.6) is 11.5 Å². The normalized spacial score (nSPS) is 17.5. The van der Waals surface area contributed by atoms with Gasteiger partial charge in [-0.15, -0.1) is 0 Å². The summed E-state index contributed by atoms with van der Waals surface area (Å²) < 4.78 is 15.3. The molecule has 0 saturated carbocycles. The molecule has 1 atom stereocenters. The minimum absolute atomic E-state index is 0.115. The quantitative estimate of drug-likeness (QED) is 0.449. The summed E-state index contributed by atoms with van der Waals surface area (Å²) in [4.78, 5) is 33.1. The first-order valence-electron chi connectivity index (χ1n) is 13.3. The first kappa shape index (κ1) is 29.4. The van der Waals surface area contributed by atoms with Crippen LogP contribution in [0.25, 0.3) is 0 Å². The van der Waals surface area contributed by atoms with Gasteiger partial charge in [-0.3, -0.25) is 14.6 Å². The van der Waals surface area contributed by atoms with Crippen molar-refractivity contribution >= 4 is 12.3 Å². The zero-order valence-corrected chi connectivity index (χ0v) is 23.2. The summed E-state index contributed by atoms with van der Waals surface area (Å²) in [5.41, 5.74) is 1.84. The molecule has 4 rings (SSSR count). The van der Waals surface area contributed by atoms with E-state index in [-0.39, 0.29) is 11.5 Å². The van der Waals surface area contributed by atoms with Gasteiger partial charge in [-0.05, 0) is 75.0 Å². The van der Waals surface area contributed by atoms with Crippen molar-refractivity contribution in [3.8, 4) is 11.5 Å². The summed E-state index contributed by atoms with van der Waals surface area (Å²) in [5.74, 6) is 1.60. The van der Waals surface area contributed by atoms with E-state index in [4.69, 9.17) is 9.47 Å². The van der Waals surface area contributed by atoms with Crippen LogP contribution in [-0.2, 0) is 20.9 Å². The van der Waals surface area contributed by atoms with Crippen LogP contribution in [-0.4, -0.2) is 81.2 Å². The number of likely N-dealkylation sites (tertiary alicyclic amines) is 2. The molecule has 0 bridgehead atoms. The second kappa shape index (κ2) is 14.7. The number of nitrogens with one attached hydrogen (secondary N) is 1. The third kappa shape index (κ3) is 7.45. The molecule has 2 fully saturated rings. The van der Waals surface area contributed by atoms with E-state index >= 15 is 0 Å². The van der Waals surface area contributed by atoms with Crippen molar-refractivity contribution in [1.82, 2.24) is 20.1 Å². The molecular formula is C29H42N4O5. The highest BCUT2D eigenvalue weighted by atomic mass is 16.5. The molecular weight excluding hydrogens is 484 g/mol. The Morgan fingerprint density at radius 3 is 2.39 bits per heavy atom. The summed E-state index contributed by atoms with van der Waals surface area (Å²) in [7, 11) is 4.89. The number of methoxy groups -OCH3 is 3. The van der Waals surface area contributed by atoms with Gasteiger partial charge in [0.25, 0.3) is 0 Å². The highest BCUT2D eigenvalue weighted by molar-refractivity contribution is 5.85. The number of carbonyl (C=O) groups excluding carboxylic acids is 2. The monoisotopic (exact) mass is 526 g/mol. The van der Waals surface area contributed by atoms with Gasteiger partial charge in [-0.25, -0.2) is 0 Å². The average molecular weight is 527 g/mol. The van der Waals surface area contributed by atoms with Crippen molar-refractivity contribution in [2.24, 2.45) is 5.41 Å². The van der Waals surface area contributed by atoms with E-state index in [9.17, 15) is 9.59 Å². The summed E-state index contributed by atoms with van der Waals surface area (Å²) in [6.45, 7) is 6.88. The Bertz CT molecular complexity index is 1010. The molecule has 2 aromatic rings. The predicted octanol–water partition coefficient (Wildman–Crippen LogP) is 3.44. The topological polar surface area (TPSA) is 93.2 Å². The summed E-state index contributed by atoms with van der Waals surface area (Å²) >= 11 is 0. The lowest BCUT2D eigenvalue weighted by molar-refractivity contribution is -0.138. The van der Waals surface area contributed by atoms with E-state index in [0.29, 0.717) is 24.0 Å². The van der Waals surface area contributed by atoms with Crippen LogP contribution in [0.4, 0.5) is 0 Å². The van der Waals surface area contributed by atoms with Gasteiger partial charge in [-0.1, -0.05) is 12.1 Å². The van der Waals surface area contributed by atoms with Crippen LogP contribution >= 0.6 is 0 Å². The molecule has 2 amide bonds. The maximum absolute atomic E-state index is 13.3. The number of rotatable bonds is 11. The van der Waals surface area contributed by atoms with Gasteiger partial charge in [0.05, 0.1) is 25.7 Å². The number of aromatic nitrogens is 1. The van der Waals surface area contributed by atoms with Gasteiger partial charge in [0.2, 0.25) is 12.3 Å². The Kier molecular flexibility index (Phi) is 11.4. The molecule has 38 heavy (non-hydrogen) atoms. The van der Waals surface area contributed by atoms with Gasteiger partial charge >= 0.3 is 0 Å². The number of ether oxygens (including phenoxy) is 3. The summed E-state index contributed by atoms with van der Waals surface area (Å²) in [5, 5.41) is 2.94. The van der Waals surface area contributed by atoms with Gasteiger partial charge in [0, 0.05) is 45.7 Å². The average Bonchev–Trinajstić information content (AvgIpc) is 3.26. The van der Waals surface area contributed by atoms with Gasteiger partial charge in [-0.2, -0.15) is 0 Å². The Balaban J connectivity index is 0.000000934. The molecule has 1 spiro atoms. The van der Waals surface area contributed by atoms with Gasteiger partial charge < -0.3 is 29.3 Å². The molecule has 0 radical (unpaired) electrons. The second-order valence-electron chi connectivity index (χ2n) is 9.78. The number of piperidine rings is 1. The van der Waals surface area contributed by atoms with Gasteiger partial charge in [0.1, 0.15) is 0 Å². The Hall–Kier alpha value is -3.17. The Morgan fingerprint density at radius 2 is 1.79 bits per heavy atom. The van der Waals surface area contributed by atoms with E-state index in [1.54, 1.807) is 27.5 Å². The van der Waals surface area contributed by atoms with Crippen LogP contribution in [0, 0.1) is 5.41 Å². The summed E-state index contributed by atoms with van der Waals surface area (Å²) in [6.07, 6.45) is 7.83. The van der Waals surface area contributed by atoms with Crippen LogP contribution in [0.1, 0.15) is 49.8 Å². The van der Waals surface area contributed by atoms with E-state index < -0.39 is 0 Å². The van der Waals surface area contributed by atoms with Crippen LogP contribution in [0.15, 0.2) is 42.7 Å². The van der Waals surface area contributed by atoms with E-state index in [1.807, 2.05) is 48.4 Å². The number of benzene rings is 1. The fourth-order valence-electron chi connectivity index (χ4n) is 5.23. The molecule has 208 valence electrons. The third-order valence-electron chi connectivity index (χ3n) is 7.61. The first-order chi connectivity index (χ1) is 18.5. The maximum atomic E-state index is 13.3. The fourth-order valence-corrected chi connectivity index (χ4v) is 5.23. The molecule has 2 aliphatic rings. The molecule has 2 aliphatic heterocycles.